The Morgan fingerprint density at radius 2 is 2.09 bits per heavy atom. The molecule has 0 bridgehead atoms. The quantitative estimate of drug-likeness (QED) is 0.828. The van der Waals surface area contributed by atoms with Gasteiger partial charge in [0.1, 0.15) is 5.76 Å². The van der Waals surface area contributed by atoms with Crippen LogP contribution in [0, 0.1) is 6.92 Å². The Hall–Kier alpha value is -2.21. The van der Waals surface area contributed by atoms with E-state index in [0.29, 0.717) is 23.0 Å². The average molecular weight is 319 g/mol. The fourth-order valence-corrected chi connectivity index (χ4v) is 2.60. The van der Waals surface area contributed by atoms with Crippen LogP contribution in [0.2, 0.25) is 0 Å². The highest BCUT2D eigenvalue weighted by Gasteiger charge is 2.10. The van der Waals surface area contributed by atoms with Crippen molar-refractivity contribution in [3.05, 3.63) is 53.5 Å². The van der Waals surface area contributed by atoms with Crippen molar-refractivity contribution in [2.24, 2.45) is 0 Å². The monoisotopic (exact) mass is 319 g/mol. The summed E-state index contributed by atoms with van der Waals surface area (Å²) < 4.78 is 9.87. The minimum atomic E-state index is -0.285. The molecule has 2 rings (SSSR count). The topological polar surface area (TPSA) is 68.5 Å². The van der Waals surface area contributed by atoms with E-state index < -0.39 is 0 Å². The van der Waals surface area contributed by atoms with Crippen molar-refractivity contribution in [3.63, 3.8) is 0 Å². The van der Waals surface area contributed by atoms with Gasteiger partial charge in [0.15, 0.2) is 5.76 Å². The number of carbonyl (C=O) groups is 2. The van der Waals surface area contributed by atoms with Crippen LogP contribution in [0.5, 0.6) is 0 Å². The number of rotatable bonds is 6. The highest BCUT2D eigenvalue weighted by atomic mass is 32.2. The molecule has 0 saturated carbocycles. The highest BCUT2D eigenvalue weighted by molar-refractivity contribution is 7.99. The van der Waals surface area contributed by atoms with E-state index in [9.17, 15) is 9.59 Å². The number of furan rings is 1. The summed E-state index contributed by atoms with van der Waals surface area (Å²) >= 11 is 1.46. The molecule has 1 N–H and O–H groups in total. The maximum atomic E-state index is 12.0. The fraction of sp³-hybridized carbons (Fsp3) is 0.250. The second kappa shape index (κ2) is 7.70. The average Bonchev–Trinajstić information content (AvgIpc) is 2.94. The lowest BCUT2D eigenvalue weighted by molar-refractivity contribution is -0.137. The number of ether oxygens (including phenoxy) is 1. The number of nitrogens with one attached hydrogen (secondary N) is 1. The molecular weight excluding hydrogens is 302 g/mol. The van der Waals surface area contributed by atoms with Gasteiger partial charge in [-0.25, -0.2) is 0 Å². The van der Waals surface area contributed by atoms with Gasteiger partial charge in [0, 0.05) is 11.4 Å². The molecule has 0 aliphatic heterocycles. The van der Waals surface area contributed by atoms with Crippen LogP contribution in [0.3, 0.4) is 0 Å². The van der Waals surface area contributed by atoms with Crippen molar-refractivity contribution in [1.29, 1.82) is 0 Å². The van der Waals surface area contributed by atoms with Crippen LogP contribution >= 0.6 is 11.8 Å². The first kappa shape index (κ1) is 16.2. The molecule has 116 valence electrons. The minimum absolute atomic E-state index is 0.248. The van der Waals surface area contributed by atoms with Crippen LogP contribution in [0.1, 0.15) is 21.9 Å². The first-order chi connectivity index (χ1) is 10.6. The summed E-state index contributed by atoms with van der Waals surface area (Å²) in [5.41, 5.74) is 1.71. The van der Waals surface area contributed by atoms with Crippen LogP contribution in [0.4, 0.5) is 5.69 Å². The summed E-state index contributed by atoms with van der Waals surface area (Å²) in [6.45, 7) is 1.79. The zero-order valence-electron chi connectivity index (χ0n) is 12.4. The Morgan fingerprint density at radius 1 is 1.27 bits per heavy atom. The SMILES string of the molecule is COC(=O)CSCc1cccc(NC(=O)c2ccc(C)o2)c1. The third-order valence-electron chi connectivity index (χ3n) is 2.87. The van der Waals surface area contributed by atoms with Gasteiger partial charge in [0.05, 0.1) is 12.9 Å². The van der Waals surface area contributed by atoms with Crippen molar-refractivity contribution in [1.82, 2.24) is 0 Å². The highest BCUT2D eigenvalue weighted by Crippen LogP contribution is 2.18. The van der Waals surface area contributed by atoms with E-state index in [1.807, 2.05) is 24.3 Å². The lowest BCUT2D eigenvalue weighted by Gasteiger charge is -2.06. The molecule has 0 aliphatic carbocycles. The number of thioether (sulfide) groups is 1. The number of hydrogen-bond donors (Lipinski definition) is 1. The van der Waals surface area contributed by atoms with E-state index >= 15 is 0 Å². The van der Waals surface area contributed by atoms with Gasteiger partial charge >= 0.3 is 5.97 Å². The lowest BCUT2D eigenvalue weighted by Crippen LogP contribution is -2.11. The Labute approximate surface area is 133 Å². The third-order valence-corrected chi connectivity index (χ3v) is 3.84. The number of hydrogen-bond acceptors (Lipinski definition) is 5. The second-order valence-electron chi connectivity index (χ2n) is 4.63. The van der Waals surface area contributed by atoms with Gasteiger partial charge in [0.2, 0.25) is 0 Å². The molecule has 0 unspecified atom stereocenters. The summed E-state index contributed by atoms with van der Waals surface area (Å²) in [7, 11) is 1.37. The molecular formula is C16H17NO4S. The standard InChI is InChI=1S/C16H17NO4S/c1-11-6-7-14(21-11)16(19)17-13-5-3-4-12(8-13)9-22-10-15(18)20-2/h3-8H,9-10H2,1-2H3,(H,17,19). The molecule has 22 heavy (non-hydrogen) atoms. The Kier molecular flexibility index (Phi) is 5.66. The lowest BCUT2D eigenvalue weighted by atomic mass is 10.2. The number of aryl methyl sites for hydroxylation is 1. The molecule has 1 aromatic heterocycles. The van der Waals surface area contributed by atoms with Crippen molar-refractivity contribution in [3.8, 4) is 0 Å². The van der Waals surface area contributed by atoms with E-state index in [-0.39, 0.29) is 17.6 Å². The predicted octanol–water partition coefficient (Wildman–Crippen LogP) is 3.25. The molecule has 0 spiro atoms. The van der Waals surface area contributed by atoms with E-state index in [4.69, 9.17) is 4.42 Å². The van der Waals surface area contributed by atoms with Gasteiger partial charge in [0.25, 0.3) is 5.91 Å². The van der Waals surface area contributed by atoms with Crippen molar-refractivity contribution in [2.45, 2.75) is 12.7 Å². The molecule has 1 aromatic carbocycles. The smallest absolute Gasteiger partial charge is 0.315 e. The van der Waals surface area contributed by atoms with Crippen LogP contribution in [-0.4, -0.2) is 24.7 Å². The van der Waals surface area contributed by atoms with Gasteiger partial charge in [-0.05, 0) is 36.8 Å². The molecule has 6 heteroatoms. The normalized spacial score (nSPS) is 10.3. The zero-order valence-corrected chi connectivity index (χ0v) is 13.2. The Bertz CT molecular complexity index is 666. The van der Waals surface area contributed by atoms with Crippen LogP contribution in [0.25, 0.3) is 0 Å². The first-order valence-corrected chi connectivity index (χ1v) is 7.85. The van der Waals surface area contributed by atoms with Crippen LogP contribution in [0.15, 0.2) is 40.8 Å². The molecule has 1 amide bonds. The van der Waals surface area contributed by atoms with E-state index in [1.54, 1.807) is 19.1 Å². The van der Waals surface area contributed by atoms with Gasteiger partial charge in [-0.2, -0.15) is 0 Å². The number of anilines is 1. The Morgan fingerprint density at radius 3 is 2.77 bits per heavy atom. The molecule has 0 fully saturated rings. The summed E-state index contributed by atoms with van der Waals surface area (Å²) in [6, 6.07) is 10.9. The summed E-state index contributed by atoms with van der Waals surface area (Å²) in [5.74, 6) is 1.41. The van der Waals surface area contributed by atoms with E-state index in [0.717, 1.165) is 5.56 Å². The molecule has 0 saturated heterocycles. The molecule has 5 nitrogen and oxygen atoms in total. The maximum Gasteiger partial charge on any atom is 0.315 e. The fourth-order valence-electron chi connectivity index (χ4n) is 1.80. The van der Waals surface area contributed by atoms with E-state index in [2.05, 4.69) is 10.1 Å². The molecule has 0 aliphatic rings. The number of carbonyl (C=O) groups excluding carboxylic acids is 2. The van der Waals surface area contributed by atoms with Gasteiger partial charge < -0.3 is 14.5 Å². The van der Waals surface area contributed by atoms with Gasteiger partial charge in [-0.15, -0.1) is 11.8 Å². The number of esters is 1. The third kappa shape index (κ3) is 4.66. The van der Waals surface area contributed by atoms with Gasteiger partial charge in [-0.1, -0.05) is 12.1 Å². The van der Waals surface area contributed by atoms with Crippen molar-refractivity contribution in [2.75, 3.05) is 18.2 Å². The Balaban J connectivity index is 1.93. The first-order valence-electron chi connectivity index (χ1n) is 6.70. The molecule has 2 aromatic rings. The summed E-state index contributed by atoms with van der Waals surface area (Å²) in [6.07, 6.45) is 0. The second-order valence-corrected chi connectivity index (χ2v) is 5.62. The van der Waals surface area contributed by atoms with Crippen LogP contribution in [-0.2, 0) is 15.3 Å². The number of benzene rings is 1. The molecule has 0 radical (unpaired) electrons. The number of amides is 1. The number of methoxy groups -OCH3 is 1. The van der Waals surface area contributed by atoms with E-state index in [1.165, 1.54) is 18.9 Å². The predicted molar refractivity (Wildman–Crippen MR) is 86.0 cm³/mol. The van der Waals surface area contributed by atoms with Crippen molar-refractivity contribution < 1.29 is 18.7 Å². The maximum absolute atomic E-state index is 12.0. The van der Waals surface area contributed by atoms with Crippen molar-refractivity contribution >= 4 is 29.3 Å². The summed E-state index contributed by atoms with van der Waals surface area (Å²) in [5, 5.41) is 2.79. The zero-order chi connectivity index (χ0) is 15.9. The molecule has 1 heterocycles. The summed E-state index contributed by atoms with van der Waals surface area (Å²) in [4.78, 5) is 23.1. The van der Waals surface area contributed by atoms with Crippen LogP contribution < -0.4 is 5.32 Å². The minimum Gasteiger partial charge on any atom is -0.468 e. The molecule has 0 atom stereocenters. The largest absolute Gasteiger partial charge is 0.468 e. The van der Waals surface area contributed by atoms with Gasteiger partial charge in [-0.3, -0.25) is 9.59 Å².